The van der Waals surface area contributed by atoms with E-state index in [1.807, 2.05) is 36.4 Å². The number of rotatable bonds is 10. The van der Waals surface area contributed by atoms with Crippen molar-refractivity contribution in [3.05, 3.63) is 59.7 Å². The lowest BCUT2D eigenvalue weighted by Gasteiger charge is -2.18. The summed E-state index contributed by atoms with van der Waals surface area (Å²) in [6.07, 6.45) is -1.38. The molecule has 0 bridgehead atoms. The summed E-state index contributed by atoms with van der Waals surface area (Å²) in [5.74, 6) is 3.52. The Hall–Kier alpha value is -3.83. The maximum absolute atomic E-state index is 12.3. The summed E-state index contributed by atoms with van der Waals surface area (Å²) in [7, 11) is 1.41. The molecule has 34 heavy (non-hydrogen) atoms. The predicted octanol–water partition coefficient (Wildman–Crippen LogP) is 2.91. The number of carboxylic acids is 1. The molecule has 3 N–H and O–H groups in total. The summed E-state index contributed by atoms with van der Waals surface area (Å²) in [6, 6.07) is 15.0. The molecule has 0 aliphatic heterocycles. The van der Waals surface area contributed by atoms with Gasteiger partial charge in [-0.1, -0.05) is 48.5 Å². The molecule has 2 amide bonds. The Morgan fingerprint density at radius 1 is 1.06 bits per heavy atom. The van der Waals surface area contributed by atoms with Crippen molar-refractivity contribution in [3.63, 3.8) is 0 Å². The number of alkyl carbamates (subject to hydrolysis) is 1. The number of methoxy groups -OCH3 is 1. The number of benzene rings is 2. The monoisotopic (exact) mass is 464 g/mol. The van der Waals surface area contributed by atoms with E-state index in [0.29, 0.717) is 0 Å². The van der Waals surface area contributed by atoms with Crippen LogP contribution in [0.1, 0.15) is 36.8 Å². The van der Waals surface area contributed by atoms with Gasteiger partial charge in [0.15, 0.2) is 0 Å². The number of nitrogens with one attached hydrogen (secondary N) is 2. The van der Waals surface area contributed by atoms with Crippen LogP contribution in [0.4, 0.5) is 4.79 Å². The van der Waals surface area contributed by atoms with Gasteiger partial charge in [-0.05, 0) is 29.2 Å². The number of carbonyl (C=O) groups is 3. The van der Waals surface area contributed by atoms with E-state index in [0.717, 1.165) is 22.3 Å². The van der Waals surface area contributed by atoms with Crippen molar-refractivity contribution >= 4 is 18.0 Å². The molecule has 2 aromatic carbocycles. The molecule has 2 atom stereocenters. The topological polar surface area (TPSA) is 114 Å². The van der Waals surface area contributed by atoms with Crippen LogP contribution in [0.25, 0.3) is 11.1 Å². The van der Waals surface area contributed by atoms with Crippen LogP contribution in [0.15, 0.2) is 48.5 Å². The van der Waals surface area contributed by atoms with Gasteiger partial charge in [0.25, 0.3) is 0 Å². The Labute approximate surface area is 198 Å². The van der Waals surface area contributed by atoms with E-state index < -0.39 is 30.1 Å². The third-order valence-corrected chi connectivity index (χ3v) is 5.68. The SMILES string of the molecule is CC#CCC(NC(=O)CC(CNC(=O)OCC1c2ccccc2-c2ccccc21)OC)C(=O)O. The van der Waals surface area contributed by atoms with E-state index >= 15 is 0 Å². The fourth-order valence-electron chi connectivity index (χ4n) is 3.95. The minimum atomic E-state index is -1.16. The summed E-state index contributed by atoms with van der Waals surface area (Å²) in [5.41, 5.74) is 4.51. The first-order valence-corrected chi connectivity index (χ1v) is 11.0. The van der Waals surface area contributed by atoms with Crippen molar-refractivity contribution in [1.29, 1.82) is 0 Å². The quantitative estimate of drug-likeness (QED) is 0.466. The fraction of sp³-hybridized carbons (Fsp3) is 0.346. The van der Waals surface area contributed by atoms with E-state index in [9.17, 15) is 19.5 Å². The van der Waals surface area contributed by atoms with E-state index in [-0.39, 0.29) is 31.9 Å². The number of ether oxygens (including phenoxy) is 2. The minimum Gasteiger partial charge on any atom is -0.480 e. The van der Waals surface area contributed by atoms with Crippen LogP contribution >= 0.6 is 0 Å². The highest BCUT2D eigenvalue weighted by Gasteiger charge is 2.29. The lowest BCUT2D eigenvalue weighted by molar-refractivity contribution is -0.142. The second-order valence-corrected chi connectivity index (χ2v) is 7.86. The zero-order chi connectivity index (χ0) is 24.5. The van der Waals surface area contributed by atoms with Crippen LogP contribution in [0.3, 0.4) is 0 Å². The summed E-state index contributed by atoms with van der Waals surface area (Å²) in [4.78, 5) is 35.8. The van der Waals surface area contributed by atoms with Gasteiger partial charge in [-0.2, -0.15) is 0 Å². The number of hydrogen-bond acceptors (Lipinski definition) is 5. The molecule has 2 unspecified atom stereocenters. The highest BCUT2D eigenvalue weighted by Crippen LogP contribution is 2.44. The van der Waals surface area contributed by atoms with Crippen molar-refractivity contribution < 1.29 is 29.0 Å². The smallest absolute Gasteiger partial charge is 0.407 e. The van der Waals surface area contributed by atoms with Crippen LogP contribution in [-0.2, 0) is 19.1 Å². The Kier molecular flexibility index (Phi) is 8.66. The normalized spacial score (nSPS) is 13.5. The van der Waals surface area contributed by atoms with Crippen LogP contribution in [0.2, 0.25) is 0 Å². The zero-order valence-corrected chi connectivity index (χ0v) is 19.2. The average molecular weight is 465 g/mol. The molecule has 0 saturated carbocycles. The molecule has 178 valence electrons. The van der Waals surface area contributed by atoms with E-state index in [2.05, 4.69) is 34.6 Å². The van der Waals surface area contributed by atoms with Gasteiger partial charge in [0, 0.05) is 26.0 Å². The molecule has 0 saturated heterocycles. The number of aliphatic carboxylic acids is 1. The van der Waals surface area contributed by atoms with Gasteiger partial charge >= 0.3 is 12.1 Å². The maximum Gasteiger partial charge on any atom is 0.407 e. The molecule has 3 rings (SSSR count). The highest BCUT2D eigenvalue weighted by molar-refractivity contribution is 5.84. The number of fused-ring (bicyclic) bond motifs is 3. The molecule has 8 heteroatoms. The summed E-state index contributed by atoms with van der Waals surface area (Å²) in [5, 5.41) is 14.2. The molecule has 0 heterocycles. The third-order valence-electron chi connectivity index (χ3n) is 5.68. The largest absolute Gasteiger partial charge is 0.480 e. The van der Waals surface area contributed by atoms with Crippen molar-refractivity contribution in [2.75, 3.05) is 20.3 Å². The summed E-state index contributed by atoms with van der Waals surface area (Å²) in [6.45, 7) is 1.81. The van der Waals surface area contributed by atoms with E-state index in [1.54, 1.807) is 6.92 Å². The Bertz CT molecular complexity index is 1060. The number of carbonyl (C=O) groups excluding carboxylic acids is 2. The van der Waals surface area contributed by atoms with Gasteiger partial charge in [-0.25, -0.2) is 9.59 Å². The second-order valence-electron chi connectivity index (χ2n) is 7.86. The molecule has 0 spiro atoms. The summed E-state index contributed by atoms with van der Waals surface area (Å²) >= 11 is 0. The number of carboxylic acid groups (broad SMARTS) is 1. The first-order chi connectivity index (χ1) is 16.4. The van der Waals surface area contributed by atoms with Gasteiger partial charge in [-0.3, -0.25) is 4.79 Å². The second kappa shape index (κ2) is 11.9. The maximum atomic E-state index is 12.3. The molecule has 8 nitrogen and oxygen atoms in total. The standard InChI is InChI=1S/C26H28N2O6/c1-3-4-13-23(25(30)31)28-24(29)14-17(33-2)15-27-26(32)34-16-22-20-11-7-5-9-18(20)19-10-6-8-12-21(19)22/h5-12,17,22-23H,13-16H2,1-2H3,(H,27,32)(H,28,29)(H,30,31). The Morgan fingerprint density at radius 2 is 1.68 bits per heavy atom. The first kappa shape index (κ1) is 24.8. The van der Waals surface area contributed by atoms with Gasteiger partial charge in [0.2, 0.25) is 5.91 Å². The van der Waals surface area contributed by atoms with Crippen molar-refractivity contribution in [2.24, 2.45) is 0 Å². The van der Waals surface area contributed by atoms with Gasteiger partial charge < -0.3 is 25.2 Å². The van der Waals surface area contributed by atoms with Gasteiger partial charge in [0.05, 0.1) is 12.5 Å². The zero-order valence-electron chi connectivity index (χ0n) is 19.2. The lowest BCUT2D eigenvalue weighted by atomic mass is 9.98. The van der Waals surface area contributed by atoms with Crippen LogP contribution in [0.5, 0.6) is 0 Å². The van der Waals surface area contributed by atoms with Crippen LogP contribution < -0.4 is 10.6 Å². The van der Waals surface area contributed by atoms with E-state index in [1.165, 1.54) is 7.11 Å². The van der Waals surface area contributed by atoms with Crippen LogP contribution in [-0.4, -0.2) is 55.5 Å². The first-order valence-electron chi connectivity index (χ1n) is 11.0. The third kappa shape index (κ3) is 6.15. The lowest BCUT2D eigenvalue weighted by Crippen LogP contribution is -2.43. The average Bonchev–Trinajstić information content (AvgIpc) is 3.16. The molecular weight excluding hydrogens is 436 g/mol. The molecule has 0 fully saturated rings. The summed E-state index contributed by atoms with van der Waals surface area (Å²) < 4.78 is 10.7. The molecular formula is C26H28N2O6. The number of hydrogen-bond donors (Lipinski definition) is 3. The van der Waals surface area contributed by atoms with Crippen molar-refractivity contribution in [1.82, 2.24) is 10.6 Å². The molecule has 2 aromatic rings. The Morgan fingerprint density at radius 3 is 2.24 bits per heavy atom. The molecule has 0 radical (unpaired) electrons. The number of amides is 2. The Balaban J connectivity index is 1.50. The predicted molar refractivity (Wildman–Crippen MR) is 126 cm³/mol. The van der Waals surface area contributed by atoms with E-state index in [4.69, 9.17) is 9.47 Å². The van der Waals surface area contributed by atoms with Crippen molar-refractivity contribution in [3.8, 4) is 23.0 Å². The molecule has 0 aromatic heterocycles. The fourth-order valence-corrected chi connectivity index (χ4v) is 3.95. The highest BCUT2D eigenvalue weighted by atomic mass is 16.5. The van der Waals surface area contributed by atoms with Crippen molar-refractivity contribution in [2.45, 2.75) is 37.8 Å². The minimum absolute atomic E-state index is 0.00716. The van der Waals surface area contributed by atoms with Gasteiger partial charge in [0.1, 0.15) is 12.6 Å². The van der Waals surface area contributed by atoms with Gasteiger partial charge in [-0.15, -0.1) is 11.8 Å². The van der Waals surface area contributed by atoms with Crippen LogP contribution in [0, 0.1) is 11.8 Å². The molecule has 1 aliphatic carbocycles. The molecule has 1 aliphatic rings.